The Morgan fingerprint density at radius 1 is 1.32 bits per heavy atom. The molecule has 0 radical (unpaired) electrons. The van der Waals surface area contributed by atoms with Gasteiger partial charge in [0.05, 0.1) is 18.2 Å². The summed E-state index contributed by atoms with van der Waals surface area (Å²) in [6, 6.07) is 2.21. The average molecular weight is 263 g/mol. The van der Waals surface area contributed by atoms with E-state index < -0.39 is 0 Å². The normalized spacial score (nSPS) is 28.9. The number of fused-ring (bicyclic) bond motifs is 2. The van der Waals surface area contributed by atoms with E-state index in [4.69, 9.17) is 10.6 Å². The van der Waals surface area contributed by atoms with Gasteiger partial charge in [-0.3, -0.25) is 0 Å². The highest BCUT2D eigenvalue weighted by Gasteiger charge is 2.40. The molecule has 2 fully saturated rings. The number of ether oxygens (including phenoxy) is 1. The lowest BCUT2D eigenvalue weighted by Gasteiger charge is -2.21. The molecule has 0 aliphatic carbocycles. The summed E-state index contributed by atoms with van der Waals surface area (Å²) in [7, 11) is 0. The molecule has 0 saturated carbocycles. The van der Waals surface area contributed by atoms with Crippen LogP contribution in [0, 0.1) is 0 Å². The van der Waals surface area contributed by atoms with E-state index in [-0.39, 0.29) is 5.92 Å². The highest BCUT2D eigenvalue weighted by Crippen LogP contribution is 2.35. The van der Waals surface area contributed by atoms with Crippen molar-refractivity contribution < 1.29 is 4.74 Å². The van der Waals surface area contributed by atoms with E-state index in [1.807, 2.05) is 6.07 Å². The van der Waals surface area contributed by atoms with E-state index in [0.29, 0.717) is 24.1 Å². The van der Waals surface area contributed by atoms with Crippen LogP contribution >= 0.6 is 0 Å². The Morgan fingerprint density at radius 2 is 2.11 bits per heavy atom. The highest BCUT2D eigenvalue weighted by atomic mass is 16.5. The maximum atomic E-state index is 5.85. The lowest BCUT2D eigenvalue weighted by atomic mass is 9.95. The highest BCUT2D eigenvalue weighted by molar-refractivity contribution is 5.48. The van der Waals surface area contributed by atoms with Gasteiger partial charge in [0.1, 0.15) is 17.5 Å². The second-order valence-electron chi connectivity index (χ2n) is 5.66. The smallest absolute Gasteiger partial charge is 0.145 e. The molecule has 0 aromatic carbocycles. The number of hydrogen-bond acceptors (Lipinski definition) is 6. The lowest BCUT2D eigenvalue weighted by molar-refractivity contribution is 0.102. The standard InChI is InChI=1S/C13H21N5O/c1-7(2)13-16-11(6-12(17-13)18-14)15-9-5-8-3-4-10(9)19-8/h6-10H,3-5,14H2,1-2H3,(H2,15,16,17,18). The molecule has 1 aromatic heterocycles. The molecule has 2 bridgehead atoms. The van der Waals surface area contributed by atoms with Gasteiger partial charge in [0.25, 0.3) is 0 Å². The molecule has 3 atom stereocenters. The summed E-state index contributed by atoms with van der Waals surface area (Å²) in [5.41, 5.74) is 2.60. The predicted octanol–water partition coefficient (Wildman–Crippen LogP) is 1.62. The van der Waals surface area contributed by atoms with Gasteiger partial charge in [0.2, 0.25) is 0 Å². The van der Waals surface area contributed by atoms with Crippen molar-refractivity contribution in [2.75, 3.05) is 10.7 Å². The van der Waals surface area contributed by atoms with Crippen molar-refractivity contribution in [1.82, 2.24) is 9.97 Å². The molecular weight excluding hydrogens is 242 g/mol. The fourth-order valence-corrected chi connectivity index (χ4v) is 2.85. The summed E-state index contributed by atoms with van der Waals surface area (Å²) in [5, 5.41) is 3.47. The summed E-state index contributed by atoms with van der Waals surface area (Å²) in [4.78, 5) is 8.91. The second kappa shape index (κ2) is 4.94. The Hall–Kier alpha value is -1.40. The van der Waals surface area contributed by atoms with Crippen LogP contribution in [0.5, 0.6) is 0 Å². The van der Waals surface area contributed by atoms with E-state index in [1.54, 1.807) is 0 Å². The zero-order chi connectivity index (χ0) is 13.4. The number of hydrogen-bond donors (Lipinski definition) is 3. The van der Waals surface area contributed by atoms with Crippen LogP contribution in [-0.2, 0) is 4.74 Å². The van der Waals surface area contributed by atoms with Crippen molar-refractivity contribution >= 4 is 11.6 Å². The third-order valence-corrected chi connectivity index (χ3v) is 3.85. The van der Waals surface area contributed by atoms with E-state index in [9.17, 15) is 0 Å². The third kappa shape index (κ3) is 2.50. The number of nitrogens with two attached hydrogens (primary N) is 1. The van der Waals surface area contributed by atoms with Crippen LogP contribution in [0.25, 0.3) is 0 Å². The molecule has 3 heterocycles. The number of rotatable bonds is 4. The first-order chi connectivity index (χ1) is 9.15. The van der Waals surface area contributed by atoms with Gasteiger partial charge in [0, 0.05) is 12.0 Å². The Labute approximate surface area is 113 Å². The fourth-order valence-electron chi connectivity index (χ4n) is 2.85. The maximum Gasteiger partial charge on any atom is 0.145 e. The van der Waals surface area contributed by atoms with Crippen LogP contribution < -0.4 is 16.6 Å². The van der Waals surface area contributed by atoms with Gasteiger partial charge < -0.3 is 15.5 Å². The van der Waals surface area contributed by atoms with E-state index >= 15 is 0 Å². The molecule has 6 nitrogen and oxygen atoms in total. The van der Waals surface area contributed by atoms with Crippen molar-refractivity contribution in [3.05, 3.63) is 11.9 Å². The summed E-state index contributed by atoms with van der Waals surface area (Å²) < 4.78 is 5.85. The quantitative estimate of drug-likeness (QED) is 0.565. The van der Waals surface area contributed by atoms with Crippen molar-refractivity contribution in [2.24, 2.45) is 5.84 Å². The van der Waals surface area contributed by atoms with Gasteiger partial charge in [-0.1, -0.05) is 13.8 Å². The minimum Gasteiger partial charge on any atom is -0.373 e. The minimum absolute atomic E-state index is 0.269. The summed E-state index contributed by atoms with van der Waals surface area (Å²) in [6.07, 6.45) is 4.17. The number of nitrogens with one attached hydrogen (secondary N) is 2. The zero-order valence-electron chi connectivity index (χ0n) is 11.4. The number of aromatic nitrogens is 2. The zero-order valence-corrected chi connectivity index (χ0v) is 11.4. The number of anilines is 2. The largest absolute Gasteiger partial charge is 0.373 e. The molecule has 3 rings (SSSR count). The average Bonchev–Trinajstić information content (AvgIpc) is 3.00. The third-order valence-electron chi connectivity index (χ3n) is 3.85. The molecule has 2 aliphatic heterocycles. The van der Waals surface area contributed by atoms with Gasteiger partial charge in [-0.2, -0.15) is 0 Å². The van der Waals surface area contributed by atoms with E-state index in [0.717, 1.165) is 24.5 Å². The fraction of sp³-hybridized carbons (Fsp3) is 0.692. The van der Waals surface area contributed by atoms with E-state index in [1.165, 1.54) is 6.42 Å². The second-order valence-corrected chi connectivity index (χ2v) is 5.66. The first-order valence-corrected chi connectivity index (χ1v) is 6.93. The van der Waals surface area contributed by atoms with Crippen LogP contribution in [0.2, 0.25) is 0 Å². The first kappa shape index (κ1) is 12.6. The molecule has 19 heavy (non-hydrogen) atoms. The molecule has 4 N–H and O–H groups in total. The van der Waals surface area contributed by atoms with Crippen LogP contribution in [-0.4, -0.2) is 28.2 Å². The molecular formula is C13H21N5O. The van der Waals surface area contributed by atoms with Crippen LogP contribution in [0.3, 0.4) is 0 Å². The Morgan fingerprint density at radius 3 is 2.68 bits per heavy atom. The minimum atomic E-state index is 0.269. The number of nitrogens with zero attached hydrogens (tertiary/aromatic N) is 2. The molecule has 6 heteroatoms. The predicted molar refractivity (Wildman–Crippen MR) is 73.9 cm³/mol. The molecule has 2 aliphatic rings. The van der Waals surface area contributed by atoms with Crippen LogP contribution in [0.15, 0.2) is 6.07 Å². The SMILES string of the molecule is CC(C)c1nc(NN)cc(NC2CC3CCC2O3)n1. The van der Waals surface area contributed by atoms with Gasteiger partial charge >= 0.3 is 0 Å². The van der Waals surface area contributed by atoms with Gasteiger partial charge in [0.15, 0.2) is 0 Å². The topological polar surface area (TPSA) is 85.1 Å². The Balaban J connectivity index is 1.78. The van der Waals surface area contributed by atoms with Gasteiger partial charge in [-0.05, 0) is 19.3 Å². The van der Waals surface area contributed by atoms with Gasteiger partial charge in [-0.15, -0.1) is 0 Å². The van der Waals surface area contributed by atoms with Crippen molar-refractivity contribution in [3.63, 3.8) is 0 Å². The maximum absolute atomic E-state index is 5.85. The van der Waals surface area contributed by atoms with Gasteiger partial charge in [-0.25, -0.2) is 15.8 Å². The van der Waals surface area contributed by atoms with Crippen molar-refractivity contribution in [2.45, 2.75) is 57.3 Å². The molecule has 0 amide bonds. The number of nitrogen functional groups attached to an aromatic ring is 1. The molecule has 104 valence electrons. The monoisotopic (exact) mass is 263 g/mol. The number of hydrazine groups is 1. The molecule has 3 unspecified atom stereocenters. The van der Waals surface area contributed by atoms with Crippen LogP contribution in [0.4, 0.5) is 11.6 Å². The molecule has 1 aromatic rings. The Kier molecular flexibility index (Phi) is 3.28. The van der Waals surface area contributed by atoms with Crippen LogP contribution in [0.1, 0.15) is 44.9 Å². The molecule has 0 spiro atoms. The molecule has 2 saturated heterocycles. The summed E-state index contributed by atoms with van der Waals surface area (Å²) in [6.45, 7) is 4.14. The van der Waals surface area contributed by atoms with Crippen molar-refractivity contribution in [3.8, 4) is 0 Å². The Bertz CT molecular complexity index is 464. The first-order valence-electron chi connectivity index (χ1n) is 6.93. The lowest BCUT2D eigenvalue weighted by Crippen LogP contribution is -2.31. The summed E-state index contributed by atoms with van der Waals surface area (Å²) in [5.74, 6) is 8.00. The van der Waals surface area contributed by atoms with Crippen molar-refractivity contribution in [1.29, 1.82) is 0 Å². The van der Waals surface area contributed by atoms with E-state index in [2.05, 4.69) is 34.6 Å². The summed E-state index contributed by atoms with van der Waals surface area (Å²) >= 11 is 0.